The third kappa shape index (κ3) is 6.05. The number of likely N-dealkylation sites (tertiary alicyclic amines) is 1. The van der Waals surface area contributed by atoms with Crippen LogP contribution in [0.2, 0.25) is 0 Å². The number of likely N-dealkylation sites (N-methyl/N-ethyl adjacent to an activating group) is 1. The zero-order chi connectivity index (χ0) is 29.5. The summed E-state index contributed by atoms with van der Waals surface area (Å²) in [6.45, 7) is 14.8. The van der Waals surface area contributed by atoms with E-state index in [0.29, 0.717) is 18.5 Å². The van der Waals surface area contributed by atoms with Crippen LogP contribution in [0.3, 0.4) is 0 Å². The van der Waals surface area contributed by atoms with Gasteiger partial charge in [0, 0.05) is 55.1 Å². The maximum atomic E-state index is 14.0. The van der Waals surface area contributed by atoms with Crippen molar-refractivity contribution in [2.24, 2.45) is 17.3 Å². The van der Waals surface area contributed by atoms with Crippen molar-refractivity contribution < 1.29 is 19.1 Å². The van der Waals surface area contributed by atoms with Gasteiger partial charge in [0.1, 0.15) is 18.7 Å². The van der Waals surface area contributed by atoms with Gasteiger partial charge in [-0.05, 0) is 30.5 Å². The van der Waals surface area contributed by atoms with Gasteiger partial charge in [-0.1, -0.05) is 53.2 Å². The lowest BCUT2D eigenvalue weighted by molar-refractivity contribution is -0.139. The lowest BCUT2D eigenvalue weighted by atomic mass is 9.78. The van der Waals surface area contributed by atoms with Crippen molar-refractivity contribution in [1.82, 2.24) is 20.1 Å². The number of amides is 2. The molecule has 0 bridgehead atoms. The quantitative estimate of drug-likeness (QED) is 0.535. The van der Waals surface area contributed by atoms with E-state index in [0.717, 1.165) is 42.6 Å². The Bertz CT molecular complexity index is 1260. The van der Waals surface area contributed by atoms with E-state index in [1.54, 1.807) is 28.4 Å². The van der Waals surface area contributed by atoms with E-state index in [4.69, 9.17) is 9.72 Å². The number of piperazine rings is 1. The molecular formula is C31H43N5O4S. The van der Waals surface area contributed by atoms with E-state index < -0.39 is 12.1 Å². The lowest BCUT2D eigenvalue weighted by Crippen LogP contribution is -2.54. The summed E-state index contributed by atoms with van der Waals surface area (Å²) >= 11 is 1.64. The molecule has 222 valence electrons. The van der Waals surface area contributed by atoms with Crippen LogP contribution in [0.15, 0.2) is 29.6 Å². The summed E-state index contributed by atoms with van der Waals surface area (Å²) in [7, 11) is 2.14. The SMILES string of the molecule is CC[C@H](C)[C@H](NC(=O)c1ccc(-c2csc(N3CCN(C)CC3)n2)cc1)C(=O)N1C[C@@H](C(C)(C)C)[C@H]2OCC(=O)[C@H]21. The summed E-state index contributed by atoms with van der Waals surface area (Å²) in [5.74, 6) is -0.616. The van der Waals surface area contributed by atoms with Gasteiger partial charge in [-0.25, -0.2) is 4.98 Å². The number of carbonyl (C=O) groups excluding carboxylic acids is 3. The number of fused-ring (bicyclic) bond motifs is 1. The number of anilines is 1. The van der Waals surface area contributed by atoms with Gasteiger partial charge < -0.3 is 24.8 Å². The summed E-state index contributed by atoms with van der Waals surface area (Å²) in [5.41, 5.74) is 2.20. The minimum atomic E-state index is -0.732. The fourth-order valence-electron chi connectivity index (χ4n) is 6.07. The highest BCUT2D eigenvalue weighted by Crippen LogP contribution is 2.42. The topological polar surface area (TPSA) is 95.1 Å². The van der Waals surface area contributed by atoms with Gasteiger partial charge in [0.25, 0.3) is 5.91 Å². The highest BCUT2D eigenvalue weighted by Gasteiger charge is 2.56. The van der Waals surface area contributed by atoms with E-state index in [1.807, 2.05) is 26.0 Å². The monoisotopic (exact) mass is 581 g/mol. The van der Waals surface area contributed by atoms with Gasteiger partial charge in [-0.3, -0.25) is 14.4 Å². The second-order valence-electron chi connectivity index (χ2n) is 12.9. The Hall–Kier alpha value is -2.82. The van der Waals surface area contributed by atoms with Crippen molar-refractivity contribution in [3.05, 3.63) is 35.2 Å². The molecule has 5 rings (SSSR count). The Kier molecular flexibility index (Phi) is 8.55. The van der Waals surface area contributed by atoms with E-state index in [1.165, 1.54) is 0 Å². The van der Waals surface area contributed by atoms with Gasteiger partial charge in [-0.2, -0.15) is 0 Å². The van der Waals surface area contributed by atoms with Gasteiger partial charge >= 0.3 is 0 Å². The van der Waals surface area contributed by atoms with Crippen LogP contribution < -0.4 is 10.2 Å². The number of hydrogen-bond acceptors (Lipinski definition) is 8. The number of hydrogen-bond donors (Lipinski definition) is 1. The second kappa shape index (κ2) is 11.8. The zero-order valence-electron chi connectivity index (χ0n) is 25.1. The summed E-state index contributed by atoms with van der Waals surface area (Å²) < 4.78 is 5.87. The smallest absolute Gasteiger partial charge is 0.251 e. The van der Waals surface area contributed by atoms with Crippen LogP contribution in [0, 0.1) is 17.3 Å². The number of ether oxygens (including phenoxy) is 1. The van der Waals surface area contributed by atoms with Crippen LogP contribution >= 0.6 is 11.3 Å². The molecule has 2 aromatic rings. The van der Waals surface area contributed by atoms with Crippen molar-refractivity contribution in [3.63, 3.8) is 0 Å². The molecule has 0 saturated carbocycles. The van der Waals surface area contributed by atoms with Crippen molar-refractivity contribution in [2.45, 2.75) is 59.2 Å². The second-order valence-corrected chi connectivity index (χ2v) is 13.7. The molecule has 3 saturated heterocycles. The highest BCUT2D eigenvalue weighted by molar-refractivity contribution is 7.14. The van der Waals surface area contributed by atoms with Crippen LogP contribution in [-0.2, 0) is 14.3 Å². The molecule has 10 heteroatoms. The highest BCUT2D eigenvalue weighted by atomic mass is 32.1. The largest absolute Gasteiger partial charge is 0.367 e. The first kappa shape index (κ1) is 29.7. The number of benzene rings is 1. The van der Waals surface area contributed by atoms with Crippen molar-refractivity contribution in [1.29, 1.82) is 0 Å². The third-order valence-electron chi connectivity index (χ3n) is 9.05. The molecule has 0 aliphatic carbocycles. The first-order chi connectivity index (χ1) is 19.5. The minimum Gasteiger partial charge on any atom is -0.367 e. The molecule has 3 fully saturated rings. The fourth-order valence-corrected chi connectivity index (χ4v) is 6.96. The number of nitrogens with zero attached hydrogens (tertiary/aromatic N) is 4. The van der Waals surface area contributed by atoms with Crippen molar-refractivity contribution in [3.8, 4) is 11.3 Å². The normalized spacial score (nSPS) is 24.8. The van der Waals surface area contributed by atoms with Crippen LogP contribution in [0.4, 0.5) is 5.13 Å². The lowest BCUT2D eigenvalue weighted by Gasteiger charge is -2.32. The minimum absolute atomic E-state index is 0.0360. The Balaban J connectivity index is 1.29. The predicted octanol–water partition coefficient (Wildman–Crippen LogP) is 3.55. The van der Waals surface area contributed by atoms with Gasteiger partial charge in [0.15, 0.2) is 10.9 Å². The number of ketones is 1. The molecule has 3 aliphatic heterocycles. The van der Waals surface area contributed by atoms with Crippen LogP contribution in [0.25, 0.3) is 11.3 Å². The van der Waals surface area contributed by atoms with Crippen molar-refractivity contribution in [2.75, 3.05) is 51.3 Å². The van der Waals surface area contributed by atoms with Crippen LogP contribution in [0.5, 0.6) is 0 Å². The Morgan fingerprint density at radius 3 is 2.46 bits per heavy atom. The molecule has 4 heterocycles. The fraction of sp³-hybridized carbons (Fsp3) is 0.613. The first-order valence-electron chi connectivity index (χ1n) is 14.7. The summed E-state index contributed by atoms with van der Waals surface area (Å²) in [6, 6.07) is 6.07. The zero-order valence-corrected chi connectivity index (χ0v) is 25.9. The molecular weight excluding hydrogens is 538 g/mol. The maximum absolute atomic E-state index is 14.0. The van der Waals surface area contributed by atoms with E-state index in [2.05, 4.69) is 48.3 Å². The predicted molar refractivity (Wildman–Crippen MR) is 161 cm³/mol. The van der Waals surface area contributed by atoms with E-state index >= 15 is 0 Å². The summed E-state index contributed by atoms with van der Waals surface area (Å²) in [5, 5.41) is 6.09. The Morgan fingerprint density at radius 1 is 1.15 bits per heavy atom. The molecule has 9 nitrogen and oxygen atoms in total. The third-order valence-corrected chi connectivity index (χ3v) is 9.96. The number of thiazole rings is 1. The number of carbonyl (C=O) groups is 3. The number of rotatable bonds is 7. The molecule has 1 N–H and O–H groups in total. The average molecular weight is 582 g/mol. The molecule has 0 radical (unpaired) electrons. The van der Waals surface area contributed by atoms with E-state index in [9.17, 15) is 14.4 Å². The standard InChI is InChI=1S/C31H43N5O4S/c1-7-19(2)25(29(39)36-16-22(31(3,4)5)27-26(36)24(37)17-40-27)33-28(38)21-10-8-20(9-11-21)23-18-41-30(32-23)35-14-12-34(6)13-15-35/h8-11,18-19,22,25-27H,7,12-17H2,1-6H3,(H,33,38)/t19-,22+,25-,26+,27+/m0/s1. The van der Waals surface area contributed by atoms with Gasteiger partial charge in [0.05, 0.1) is 11.8 Å². The Morgan fingerprint density at radius 2 is 1.83 bits per heavy atom. The van der Waals surface area contributed by atoms with Crippen molar-refractivity contribution >= 4 is 34.1 Å². The number of nitrogens with one attached hydrogen (secondary N) is 1. The molecule has 0 spiro atoms. The molecule has 2 amide bonds. The number of aromatic nitrogens is 1. The molecule has 41 heavy (non-hydrogen) atoms. The van der Waals surface area contributed by atoms with Crippen LogP contribution in [0.1, 0.15) is 51.4 Å². The Labute approximate surface area is 247 Å². The van der Waals surface area contributed by atoms with Gasteiger partial charge in [0.2, 0.25) is 5.91 Å². The first-order valence-corrected chi connectivity index (χ1v) is 15.6. The average Bonchev–Trinajstić information content (AvgIpc) is 3.68. The molecule has 3 aliphatic rings. The molecule has 5 atom stereocenters. The maximum Gasteiger partial charge on any atom is 0.251 e. The van der Waals surface area contributed by atoms with Gasteiger partial charge in [-0.15, -0.1) is 11.3 Å². The molecule has 1 aromatic carbocycles. The molecule has 0 unspecified atom stereocenters. The summed E-state index contributed by atoms with van der Waals surface area (Å²) in [6.07, 6.45) is 0.416. The summed E-state index contributed by atoms with van der Waals surface area (Å²) in [4.78, 5) is 51.3. The van der Waals surface area contributed by atoms with Crippen LogP contribution in [-0.4, -0.2) is 96.9 Å². The van der Waals surface area contributed by atoms with E-state index in [-0.39, 0.29) is 47.6 Å². The number of Topliss-reactive ketones (excluding diaryl/α,β-unsaturated/α-hetero) is 1. The molecule has 1 aromatic heterocycles.